The number of fused-ring (bicyclic) bond motifs is 1. The van der Waals surface area contributed by atoms with Crippen molar-refractivity contribution in [2.45, 2.75) is 46.2 Å². The predicted molar refractivity (Wildman–Crippen MR) is 77.7 cm³/mol. The van der Waals surface area contributed by atoms with Gasteiger partial charge in [0.15, 0.2) is 0 Å². The molecule has 0 saturated heterocycles. The van der Waals surface area contributed by atoms with E-state index in [1.165, 1.54) is 17.4 Å². The van der Waals surface area contributed by atoms with Gasteiger partial charge in [0.2, 0.25) is 0 Å². The standard InChI is InChI=1S/C15H19F2NS/c1-4-5-11-12-6-10(16)7-13(17)15(12)19-14(11)8-18-9(2)3/h6-7,9,18H,4-5,8H2,1-3H3. The van der Waals surface area contributed by atoms with Gasteiger partial charge in [-0.15, -0.1) is 11.3 Å². The average molecular weight is 283 g/mol. The van der Waals surface area contributed by atoms with Crippen LogP contribution in [0.2, 0.25) is 0 Å². The van der Waals surface area contributed by atoms with Crippen LogP contribution in [0.15, 0.2) is 12.1 Å². The van der Waals surface area contributed by atoms with Crippen LogP contribution in [-0.2, 0) is 13.0 Å². The second kappa shape index (κ2) is 5.97. The first kappa shape index (κ1) is 14.4. The first-order chi connectivity index (χ1) is 9.02. The Bertz CT molecular complexity index is 575. The largest absolute Gasteiger partial charge is 0.310 e. The highest BCUT2D eigenvalue weighted by molar-refractivity contribution is 7.19. The summed E-state index contributed by atoms with van der Waals surface area (Å²) in [5, 5.41) is 4.09. The quantitative estimate of drug-likeness (QED) is 0.843. The third kappa shape index (κ3) is 3.12. The molecule has 1 aromatic carbocycles. The summed E-state index contributed by atoms with van der Waals surface area (Å²) >= 11 is 1.44. The molecule has 104 valence electrons. The Morgan fingerprint density at radius 3 is 2.63 bits per heavy atom. The van der Waals surface area contributed by atoms with Gasteiger partial charge in [0.1, 0.15) is 11.6 Å². The number of hydrogen-bond acceptors (Lipinski definition) is 2. The Balaban J connectivity index is 2.50. The Hall–Kier alpha value is -1.00. The third-order valence-corrected chi connectivity index (χ3v) is 4.32. The number of thiophene rings is 1. The maximum absolute atomic E-state index is 13.8. The molecule has 1 N–H and O–H groups in total. The van der Waals surface area contributed by atoms with Crippen LogP contribution in [0.4, 0.5) is 8.78 Å². The minimum absolute atomic E-state index is 0.376. The van der Waals surface area contributed by atoms with E-state index < -0.39 is 11.6 Å². The van der Waals surface area contributed by atoms with Crippen LogP contribution in [0.3, 0.4) is 0 Å². The average Bonchev–Trinajstić information content (AvgIpc) is 2.66. The van der Waals surface area contributed by atoms with E-state index in [-0.39, 0.29) is 0 Å². The smallest absolute Gasteiger partial charge is 0.143 e. The molecule has 1 heterocycles. The number of nitrogens with one attached hydrogen (secondary N) is 1. The molecule has 0 radical (unpaired) electrons. The van der Waals surface area contributed by atoms with Crippen molar-refractivity contribution < 1.29 is 8.78 Å². The Kier molecular flexibility index (Phi) is 4.53. The van der Waals surface area contributed by atoms with Crippen LogP contribution in [0, 0.1) is 11.6 Å². The van der Waals surface area contributed by atoms with Crippen LogP contribution in [0.25, 0.3) is 10.1 Å². The molecule has 0 saturated carbocycles. The van der Waals surface area contributed by atoms with Gasteiger partial charge in [-0.1, -0.05) is 27.2 Å². The molecule has 0 aliphatic rings. The highest BCUT2D eigenvalue weighted by atomic mass is 32.1. The van der Waals surface area contributed by atoms with Gasteiger partial charge in [0.25, 0.3) is 0 Å². The van der Waals surface area contributed by atoms with E-state index in [0.29, 0.717) is 17.3 Å². The number of aryl methyl sites for hydroxylation is 1. The van der Waals surface area contributed by atoms with Gasteiger partial charge >= 0.3 is 0 Å². The van der Waals surface area contributed by atoms with Gasteiger partial charge in [-0.05, 0) is 18.1 Å². The molecular weight excluding hydrogens is 264 g/mol. The molecule has 19 heavy (non-hydrogen) atoms. The predicted octanol–water partition coefficient (Wildman–Crippen LogP) is 4.63. The fourth-order valence-corrected chi connectivity index (χ4v) is 3.37. The second-order valence-corrected chi connectivity index (χ2v) is 6.16. The fraction of sp³-hybridized carbons (Fsp3) is 0.467. The van der Waals surface area contributed by atoms with Crippen LogP contribution in [-0.4, -0.2) is 6.04 Å². The summed E-state index contributed by atoms with van der Waals surface area (Å²) in [6.45, 7) is 6.95. The summed E-state index contributed by atoms with van der Waals surface area (Å²) in [6.07, 6.45) is 1.83. The first-order valence-electron chi connectivity index (χ1n) is 6.65. The lowest BCUT2D eigenvalue weighted by atomic mass is 10.1. The molecule has 0 atom stereocenters. The molecule has 1 nitrogen and oxygen atoms in total. The topological polar surface area (TPSA) is 12.0 Å². The monoisotopic (exact) mass is 283 g/mol. The lowest BCUT2D eigenvalue weighted by Crippen LogP contribution is -2.21. The van der Waals surface area contributed by atoms with Gasteiger partial charge in [-0.2, -0.15) is 0 Å². The SMILES string of the molecule is CCCc1c(CNC(C)C)sc2c(F)cc(F)cc12. The van der Waals surface area contributed by atoms with E-state index in [1.54, 1.807) is 0 Å². The normalized spacial score (nSPS) is 11.7. The minimum Gasteiger partial charge on any atom is -0.310 e. The maximum Gasteiger partial charge on any atom is 0.143 e. The van der Waals surface area contributed by atoms with Crippen molar-refractivity contribution >= 4 is 21.4 Å². The van der Waals surface area contributed by atoms with Crippen molar-refractivity contribution in [1.82, 2.24) is 5.32 Å². The van der Waals surface area contributed by atoms with Crippen LogP contribution in [0.1, 0.15) is 37.6 Å². The van der Waals surface area contributed by atoms with Crippen LogP contribution >= 0.6 is 11.3 Å². The highest BCUT2D eigenvalue weighted by Gasteiger charge is 2.15. The van der Waals surface area contributed by atoms with E-state index in [2.05, 4.69) is 26.1 Å². The van der Waals surface area contributed by atoms with Crippen molar-refractivity contribution in [1.29, 1.82) is 0 Å². The molecule has 0 unspecified atom stereocenters. The van der Waals surface area contributed by atoms with E-state index in [9.17, 15) is 8.78 Å². The van der Waals surface area contributed by atoms with E-state index in [1.807, 2.05) is 0 Å². The molecule has 0 spiro atoms. The molecule has 0 fully saturated rings. The van der Waals surface area contributed by atoms with Crippen molar-refractivity contribution in [2.24, 2.45) is 0 Å². The fourth-order valence-electron chi connectivity index (χ4n) is 2.19. The van der Waals surface area contributed by atoms with Crippen molar-refractivity contribution in [3.05, 3.63) is 34.2 Å². The molecule has 0 bridgehead atoms. The molecule has 1 aromatic heterocycles. The van der Waals surface area contributed by atoms with Gasteiger partial charge in [-0.3, -0.25) is 0 Å². The second-order valence-electron chi connectivity index (χ2n) is 5.05. The summed E-state index contributed by atoms with van der Waals surface area (Å²) in [7, 11) is 0. The summed E-state index contributed by atoms with van der Waals surface area (Å²) in [6, 6.07) is 2.80. The molecule has 0 aliphatic carbocycles. The van der Waals surface area contributed by atoms with Gasteiger partial charge in [0, 0.05) is 28.9 Å². The molecule has 4 heteroatoms. The van der Waals surface area contributed by atoms with Gasteiger partial charge in [-0.25, -0.2) is 8.78 Å². The minimum atomic E-state index is -0.497. The lowest BCUT2D eigenvalue weighted by molar-refractivity contribution is 0.590. The molecule has 2 aromatic rings. The zero-order valence-corrected chi connectivity index (χ0v) is 12.3. The summed E-state index contributed by atoms with van der Waals surface area (Å²) in [5.74, 6) is -0.948. The van der Waals surface area contributed by atoms with Crippen LogP contribution in [0.5, 0.6) is 0 Å². The summed E-state index contributed by atoms with van der Waals surface area (Å²) in [5.41, 5.74) is 1.09. The van der Waals surface area contributed by atoms with Gasteiger partial charge < -0.3 is 5.32 Å². The Morgan fingerprint density at radius 1 is 1.26 bits per heavy atom. The summed E-state index contributed by atoms with van der Waals surface area (Å²) < 4.78 is 27.8. The number of rotatable bonds is 5. The zero-order valence-electron chi connectivity index (χ0n) is 11.5. The first-order valence-corrected chi connectivity index (χ1v) is 7.47. The maximum atomic E-state index is 13.8. The number of halogens is 2. The van der Waals surface area contributed by atoms with Crippen molar-refractivity contribution in [2.75, 3.05) is 0 Å². The Morgan fingerprint density at radius 2 is 2.00 bits per heavy atom. The van der Waals surface area contributed by atoms with E-state index in [0.717, 1.165) is 34.7 Å². The van der Waals surface area contributed by atoms with Crippen molar-refractivity contribution in [3.8, 4) is 0 Å². The summed E-state index contributed by atoms with van der Waals surface area (Å²) in [4.78, 5) is 1.12. The Labute approximate surface area is 116 Å². The van der Waals surface area contributed by atoms with E-state index in [4.69, 9.17) is 0 Å². The van der Waals surface area contributed by atoms with E-state index >= 15 is 0 Å². The number of hydrogen-bond donors (Lipinski definition) is 1. The van der Waals surface area contributed by atoms with Gasteiger partial charge in [0.05, 0.1) is 4.70 Å². The third-order valence-electron chi connectivity index (χ3n) is 3.07. The molecule has 2 rings (SSSR count). The van der Waals surface area contributed by atoms with Crippen LogP contribution < -0.4 is 5.32 Å². The van der Waals surface area contributed by atoms with Crippen molar-refractivity contribution in [3.63, 3.8) is 0 Å². The zero-order chi connectivity index (χ0) is 14.0. The number of benzene rings is 1. The molecular formula is C15H19F2NS. The molecule has 0 amide bonds. The molecule has 0 aliphatic heterocycles. The lowest BCUT2D eigenvalue weighted by Gasteiger charge is -2.08. The highest BCUT2D eigenvalue weighted by Crippen LogP contribution is 2.34.